The van der Waals surface area contributed by atoms with Crippen molar-refractivity contribution < 1.29 is 23.9 Å². The molecule has 20 heavy (non-hydrogen) atoms. The standard InChI is InChI=1S/C13H14N2O5/c1-2-14-13(19)15-11(17)8-20-12(18)10-5-3-9(7-16)4-6-10/h3-7H,2,8H2,1H3,(H2,14,15,17,19). The van der Waals surface area contributed by atoms with Gasteiger partial charge in [-0.3, -0.25) is 14.9 Å². The Balaban J connectivity index is 2.44. The van der Waals surface area contributed by atoms with Crippen LogP contribution in [0.2, 0.25) is 0 Å². The molecular formula is C13H14N2O5. The Morgan fingerprint density at radius 2 is 1.85 bits per heavy atom. The van der Waals surface area contributed by atoms with Crippen molar-refractivity contribution in [2.45, 2.75) is 6.92 Å². The summed E-state index contributed by atoms with van der Waals surface area (Å²) in [5.74, 6) is -1.44. The van der Waals surface area contributed by atoms with Crippen molar-refractivity contribution in [3.05, 3.63) is 35.4 Å². The number of urea groups is 1. The zero-order valence-corrected chi connectivity index (χ0v) is 10.8. The molecule has 0 aromatic heterocycles. The third-order valence-electron chi connectivity index (χ3n) is 2.21. The molecule has 0 bridgehead atoms. The molecule has 7 nitrogen and oxygen atoms in total. The number of rotatable bonds is 5. The minimum atomic E-state index is -0.728. The van der Waals surface area contributed by atoms with Crippen LogP contribution in [0.1, 0.15) is 27.6 Å². The molecule has 0 radical (unpaired) electrons. The van der Waals surface area contributed by atoms with Crippen molar-refractivity contribution in [1.82, 2.24) is 10.6 Å². The van der Waals surface area contributed by atoms with Crippen LogP contribution in [0.25, 0.3) is 0 Å². The number of carbonyl (C=O) groups excluding carboxylic acids is 4. The number of amides is 3. The Kier molecular flexibility index (Phi) is 5.89. The van der Waals surface area contributed by atoms with E-state index in [0.717, 1.165) is 0 Å². The monoisotopic (exact) mass is 278 g/mol. The van der Waals surface area contributed by atoms with Crippen LogP contribution in [0, 0.1) is 0 Å². The molecule has 0 aliphatic rings. The average molecular weight is 278 g/mol. The fourth-order valence-electron chi connectivity index (χ4n) is 1.28. The minimum Gasteiger partial charge on any atom is -0.452 e. The molecule has 106 valence electrons. The maximum absolute atomic E-state index is 11.6. The first-order valence-electron chi connectivity index (χ1n) is 5.87. The Hall–Kier alpha value is -2.70. The first-order valence-corrected chi connectivity index (χ1v) is 5.87. The molecule has 0 atom stereocenters. The third kappa shape index (κ3) is 4.89. The summed E-state index contributed by atoms with van der Waals surface area (Å²) in [6.45, 7) is 1.51. The van der Waals surface area contributed by atoms with Gasteiger partial charge in [-0.15, -0.1) is 0 Å². The van der Waals surface area contributed by atoms with E-state index in [1.54, 1.807) is 6.92 Å². The van der Waals surface area contributed by atoms with Gasteiger partial charge in [-0.05, 0) is 19.1 Å². The summed E-state index contributed by atoms with van der Waals surface area (Å²) in [4.78, 5) is 44.3. The molecule has 7 heteroatoms. The Morgan fingerprint density at radius 1 is 1.20 bits per heavy atom. The molecule has 0 saturated carbocycles. The number of imide groups is 1. The minimum absolute atomic E-state index is 0.210. The van der Waals surface area contributed by atoms with Gasteiger partial charge in [-0.1, -0.05) is 12.1 Å². The van der Waals surface area contributed by atoms with Crippen LogP contribution in [-0.4, -0.2) is 37.3 Å². The van der Waals surface area contributed by atoms with Crippen LogP contribution in [0.4, 0.5) is 4.79 Å². The van der Waals surface area contributed by atoms with Crippen LogP contribution < -0.4 is 10.6 Å². The van der Waals surface area contributed by atoms with Gasteiger partial charge < -0.3 is 10.1 Å². The van der Waals surface area contributed by atoms with Crippen LogP contribution in [0.15, 0.2) is 24.3 Å². The Morgan fingerprint density at radius 3 is 2.40 bits per heavy atom. The Bertz CT molecular complexity index is 510. The van der Waals surface area contributed by atoms with E-state index in [2.05, 4.69) is 5.32 Å². The van der Waals surface area contributed by atoms with E-state index >= 15 is 0 Å². The fourth-order valence-corrected chi connectivity index (χ4v) is 1.28. The fraction of sp³-hybridized carbons (Fsp3) is 0.231. The van der Waals surface area contributed by atoms with Crippen molar-refractivity contribution >= 4 is 24.2 Å². The average Bonchev–Trinajstić information content (AvgIpc) is 2.45. The highest BCUT2D eigenvalue weighted by Crippen LogP contribution is 2.04. The van der Waals surface area contributed by atoms with E-state index in [9.17, 15) is 19.2 Å². The highest BCUT2D eigenvalue weighted by Gasteiger charge is 2.11. The first-order chi connectivity index (χ1) is 9.56. The van der Waals surface area contributed by atoms with Crippen LogP contribution in [-0.2, 0) is 9.53 Å². The molecule has 0 spiro atoms. The largest absolute Gasteiger partial charge is 0.452 e. The van der Waals surface area contributed by atoms with E-state index in [1.807, 2.05) is 5.32 Å². The van der Waals surface area contributed by atoms with Crippen LogP contribution in [0.3, 0.4) is 0 Å². The van der Waals surface area contributed by atoms with E-state index < -0.39 is 24.5 Å². The van der Waals surface area contributed by atoms with Crippen LogP contribution in [0.5, 0.6) is 0 Å². The second-order valence-corrected chi connectivity index (χ2v) is 3.72. The van der Waals surface area contributed by atoms with Crippen molar-refractivity contribution in [2.75, 3.05) is 13.2 Å². The second-order valence-electron chi connectivity index (χ2n) is 3.72. The SMILES string of the molecule is CCNC(=O)NC(=O)COC(=O)c1ccc(C=O)cc1. The number of hydrogen-bond donors (Lipinski definition) is 2. The van der Waals surface area contributed by atoms with E-state index in [1.165, 1.54) is 24.3 Å². The highest BCUT2D eigenvalue weighted by molar-refractivity contribution is 5.97. The zero-order valence-electron chi connectivity index (χ0n) is 10.8. The quantitative estimate of drug-likeness (QED) is 0.603. The number of carbonyl (C=O) groups is 4. The summed E-state index contributed by atoms with van der Waals surface area (Å²) in [6, 6.07) is 5.09. The summed E-state index contributed by atoms with van der Waals surface area (Å²) in [6.07, 6.45) is 0.648. The summed E-state index contributed by atoms with van der Waals surface area (Å²) >= 11 is 0. The molecule has 1 rings (SSSR count). The predicted molar refractivity (Wildman–Crippen MR) is 69.3 cm³/mol. The molecule has 3 amide bonds. The van der Waals surface area contributed by atoms with Gasteiger partial charge in [0.05, 0.1) is 5.56 Å². The number of nitrogens with one attached hydrogen (secondary N) is 2. The normalized spacial score (nSPS) is 9.45. The van der Waals surface area contributed by atoms with Gasteiger partial charge in [0.25, 0.3) is 5.91 Å². The van der Waals surface area contributed by atoms with Crippen molar-refractivity contribution in [3.63, 3.8) is 0 Å². The lowest BCUT2D eigenvalue weighted by Gasteiger charge is -2.06. The molecule has 0 saturated heterocycles. The van der Waals surface area contributed by atoms with Gasteiger partial charge >= 0.3 is 12.0 Å². The third-order valence-corrected chi connectivity index (χ3v) is 2.21. The van der Waals surface area contributed by atoms with E-state index in [0.29, 0.717) is 18.4 Å². The maximum Gasteiger partial charge on any atom is 0.338 e. The Labute approximate surface area is 115 Å². The highest BCUT2D eigenvalue weighted by atomic mass is 16.5. The lowest BCUT2D eigenvalue weighted by atomic mass is 10.1. The number of ether oxygens (including phenoxy) is 1. The zero-order chi connectivity index (χ0) is 15.0. The van der Waals surface area contributed by atoms with E-state index in [4.69, 9.17) is 4.74 Å². The lowest BCUT2D eigenvalue weighted by Crippen LogP contribution is -2.41. The molecule has 0 aliphatic carbocycles. The van der Waals surface area contributed by atoms with Crippen molar-refractivity contribution in [3.8, 4) is 0 Å². The molecule has 0 fully saturated rings. The molecule has 0 heterocycles. The number of hydrogen-bond acceptors (Lipinski definition) is 5. The summed E-state index contributed by atoms with van der Waals surface area (Å²) < 4.78 is 4.72. The van der Waals surface area contributed by atoms with Gasteiger partial charge in [0.1, 0.15) is 6.29 Å². The predicted octanol–water partition coefficient (Wildman–Crippen LogP) is 0.502. The molecule has 1 aromatic rings. The second kappa shape index (κ2) is 7.67. The maximum atomic E-state index is 11.6. The molecular weight excluding hydrogens is 264 g/mol. The lowest BCUT2D eigenvalue weighted by molar-refractivity contribution is -0.123. The molecule has 1 aromatic carbocycles. The summed E-state index contributed by atoms with van der Waals surface area (Å²) in [7, 11) is 0. The molecule has 0 aliphatic heterocycles. The first kappa shape index (κ1) is 15.4. The van der Waals surface area contributed by atoms with Gasteiger partial charge in [0, 0.05) is 12.1 Å². The van der Waals surface area contributed by atoms with Gasteiger partial charge in [-0.2, -0.15) is 0 Å². The van der Waals surface area contributed by atoms with Gasteiger partial charge in [-0.25, -0.2) is 9.59 Å². The van der Waals surface area contributed by atoms with Gasteiger partial charge in [0.2, 0.25) is 0 Å². The number of benzene rings is 1. The molecule has 2 N–H and O–H groups in total. The number of aldehydes is 1. The van der Waals surface area contributed by atoms with Crippen LogP contribution >= 0.6 is 0 Å². The molecule has 0 unspecified atom stereocenters. The van der Waals surface area contributed by atoms with Crippen molar-refractivity contribution in [1.29, 1.82) is 0 Å². The summed E-state index contributed by atoms with van der Waals surface area (Å²) in [5.41, 5.74) is 0.636. The van der Waals surface area contributed by atoms with Crippen molar-refractivity contribution in [2.24, 2.45) is 0 Å². The topological polar surface area (TPSA) is 102 Å². The smallest absolute Gasteiger partial charge is 0.338 e. The summed E-state index contributed by atoms with van der Waals surface area (Å²) in [5, 5.41) is 4.36. The number of esters is 1. The van der Waals surface area contributed by atoms with E-state index in [-0.39, 0.29) is 5.56 Å². The van der Waals surface area contributed by atoms with Gasteiger partial charge in [0.15, 0.2) is 6.61 Å².